The zero-order chi connectivity index (χ0) is 10.9. The molecule has 0 bridgehead atoms. The van der Waals surface area contributed by atoms with Crippen LogP contribution >= 0.6 is 12.6 Å². The van der Waals surface area contributed by atoms with Gasteiger partial charge in [-0.15, -0.1) is 12.6 Å². The van der Waals surface area contributed by atoms with Crippen molar-refractivity contribution in [2.45, 2.75) is 31.1 Å². The number of carboxylic acids is 1. The first kappa shape index (κ1) is 11.1. The fraction of sp³-hybridized carbons (Fsp3) is 0.364. The van der Waals surface area contributed by atoms with Crippen molar-refractivity contribution in [3.05, 3.63) is 29.3 Å². The number of thiol groups is 1. The Morgan fingerprint density at radius 1 is 1.36 bits per heavy atom. The van der Waals surface area contributed by atoms with Crippen LogP contribution in [0.15, 0.2) is 23.1 Å². The number of benzene rings is 1. The second kappa shape index (κ2) is 3.65. The van der Waals surface area contributed by atoms with Gasteiger partial charge in [0.25, 0.3) is 0 Å². The van der Waals surface area contributed by atoms with Gasteiger partial charge in [-0.3, -0.25) is 0 Å². The summed E-state index contributed by atoms with van der Waals surface area (Å²) >= 11 is 4.31. The van der Waals surface area contributed by atoms with E-state index in [0.717, 1.165) is 10.5 Å². The highest BCUT2D eigenvalue weighted by molar-refractivity contribution is 7.80. The molecule has 0 saturated heterocycles. The summed E-state index contributed by atoms with van der Waals surface area (Å²) in [6.07, 6.45) is 0. The van der Waals surface area contributed by atoms with Crippen LogP contribution in [0.4, 0.5) is 0 Å². The molecule has 3 heteroatoms. The highest BCUT2D eigenvalue weighted by Gasteiger charge is 2.18. The van der Waals surface area contributed by atoms with Gasteiger partial charge in [0.05, 0.1) is 5.56 Å². The summed E-state index contributed by atoms with van der Waals surface area (Å²) in [7, 11) is 0. The van der Waals surface area contributed by atoms with Gasteiger partial charge in [-0.25, -0.2) is 4.79 Å². The standard InChI is InChI=1S/C11H14O2S/c1-11(2,3)8-6-7(10(12)13)4-5-9(8)14/h4-6,14H,1-3H3,(H,12,13). The van der Waals surface area contributed by atoms with Crippen LogP contribution in [-0.2, 0) is 5.41 Å². The fourth-order valence-corrected chi connectivity index (χ4v) is 1.74. The monoisotopic (exact) mass is 210 g/mol. The molecule has 1 aromatic rings. The van der Waals surface area contributed by atoms with Gasteiger partial charge < -0.3 is 5.11 Å². The topological polar surface area (TPSA) is 37.3 Å². The minimum atomic E-state index is -0.899. The molecule has 0 aromatic heterocycles. The third-order valence-electron chi connectivity index (χ3n) is 2.05. The zero-order valence-corrected chi connectivity index (χ0v) is 9.43. The summed E-state index contributed by atoms with van der Waals surface area (Å²) in [5.74, 6) is -0.899. The van der Waals surface area contributed by atoms with Crippen LogP contribution < -0.4 is 0 Å². The van der Waals surface area contributed by atoms with Crippen LogP contribution in [0.3, 0.4) is 0 Å². The molecular formula is C11H14O2S. The van der Waals surface area contributed by atoms with Gasteiger partial charge >= 0.3 is 5.97 Å². The SMILES string of the molecule is CC(C)(C)c1cc(C(=O)O)ccc1S. The van der Waals surface area contributed by atoms with Crippen LogP contribution in [0, 0.1) is 0 Å². The van der Waals surface area contributed by atoms with E-state index in [1.54, 1.807) is 18.2 Å². The van der Waals surface area contributed by atoms with Crippen LogP contribution in [-0.4, -0.2) is 11.1 Å². The number of carbonyl (C=O) groups is 1. The van der Waals surface area contributed by atoms with Crippen LogP contribution in [0.25, 0.3) is 0 Å². The summed E-state index contributed by atoms with van der Waals surface area (Å²) < 4.78 is 0. The highest BCUT2D eigenvalue weighted by Crippen LogP contribution is 2.28. The largest absolute Gasteiger partial charge is 0.478 e. The minimum Gasteiger partial charge on any atom is -0.478 e. The van der Waals surface area contributed by atoms with Gasteiger partial charge in [0.1, 0.15) is 0 Å². The smallest absolute Gasteiger partial charge is 0.335 e. The van der Waals surface area contributed by atoms with Gasteiger partial charge in [-0.2, -0.15) is 0 Å². The highest BCUT2D eigenvalue weighted by atomic mass is 32.1. The molecule has 1 rings (SSSR count). The summed E-state index contributed by atoms with van der Waals surface area (Å²) in [5.41, 5.74) is 1.19. The third-order valence-corrected chi connectivity index (χ3v) is 2.44. The molecule has 0 amide bonds. The Bertz CT molecular complexity index is 364. The normalized spacial score (nSPS) is 11.4. The first-order chi connectivity index (χ1) is 6.32. The predicted octanol–water partition coefficient (Wildman–Crippen LogP) is 2.97. The zero-order valence-electron chi connectivity index (χ0n) is 8.53. The lowest BCUT2D eigenvalue weighted by molar-refractivity contribution is 0.0696. The van der Waals surface area contributed by atoms with E-state index < -0.39 is 5.97 Å². The molecule has 0 aliphatic carbocycles. The first-order valence-electron chi connectivity index (χ1n) is 4.39. The van der Waals surface area contributed by atoms with Crippen LogP contribution in [0.5, 0.6) is 0 Å². The first-order valence-corrected chi connectivity index (χ1v) is 4.84. The molecule has 0 spiro atoms. The molecular weight excluding hydrogens is 196 g/mol. The Morgan fingerprint density at radius 3 is 2.36 bits per heavy atom. The van der Waals surface area contributed by atoms with Gasteiger partial charge in [-0.05, 0) is 29.2 Å². The second-order valence-electron chi connectivity index (χ2n) is 4.29. The number of hydrogen-bond acceptors (Lipinski definition) is 2. The minimum absolute atomic E-state index is 0.0808. The van der Waals surface area contributed by atoms with E-state index in [9.17, 15) is 4.79 Å². The Morgan fingerprint density at radius 2 is 1.93 bits per heavy atom. The Balaban J connectivity index is 3.29. The number of hydrogen-bond donors (Lipinski definition) is 2. The molecule has 1 aromatic carbocycles. The molecule has 1 N–H and O–H groups in total. The van der Waals surface area contributed by atoms with Crippen molar-refractivity contribution in [3.8, 4) is 0 Å². The van der Waals surface area contributed by atoms with Crippen molar-refractivity contribution in [1.29, 1.82) is 0 Å². The second-order valence-corrected chi connectivity index (χ2v) is 4.77. The van der Waals surface area contributed by atoms with Gasteiger partial charge in [0.15, 0.2) is 0 Å². The predicted molar refractivity (Wildman–Crippen MR) is 59.4 cm³/mol. The molecule has 0 saturated carbocycles. The Labute approximate surface area is 89.4 Å². The number of carboxylic acid groups (broad SMARTS) is 1. The molecule has 0 heterocycles. The van der Waals surface area contributed by atoms with Gasteiger partial charge in [-0.1, -0.05) is 20.8 Å². The average molecular weight is 210 g/mol. The molecule has 0 radical (unpaired) electrons. The van der Waals surface area contributed by atoms with Crippen molar-refractivity contribution in [1.82, 2.24) is 0 Å². The van der Waals surface area contributed by atoms with Crippen molar-refractivity contribution in [2.24, 2.45) is 0 Å². The van der Waals surface area contributed by atoms with E-state index in [2.05, 4.69) is 12.6 Å². The molecule has 0 unspecified atom stereocenters. The molecule has 76 valence electrons. The maximum atomic E-state index is 10.8. The van der Waals surface area contributed by atoms with E-state index in [1.807, 2.05) is 20.8 Å². The Hall–Kier alpha value is -0.960. The van der Waals surface area contributed by atoms with E-state index in [-0.39, 0.29) is 5.41 Å². The summed E-state index contributed by atoms with van der Waals surface area (Å²) in [5, 5.41) is 8.84. The molecule has 2 nitrogen and oxygen atoms in total. The lowest BCUT2D eigenvalue weighted by Crippen LogP contribution is -2.13. The lowest BCUT2D eigenvalue weighted by Gasteiger charge is -2.21. The maximum Gasteiger partial charge on any atom is 0.335 e. The van der Waals surface area contributed by atoms with E-state index in [1.165, 1.54) is 0 Å². The van der Waals surface area contributed by atoms with Crippen molar-refractivity contribution in [3.63, 3.8) is 0 Å². The van der Waals surface area contributed by atoms with E-state index >= 15 is 0 Å². The number of aromatic carboxylic acids is 1. The molecule has 0 aliphatic rings. The molecule has 0 atom stereocenters. The summed E-state index contributed by atoms with van der Waals surface area (Å²) in [4.78, 5) is 11.6. The lowest BCUT2D eigenvalue weighted by atomic mass is 9.86. The van der Waals surface area contributed by atoms with E-state index in [0.29, 0.717) is 5.56 Å². The van der Waals surface area contributed by atoms with Gasteiger partial charge in [0, 0.05) is 4.90 Å². The maximum absolute atomic E-state index is 10.8. The molecule has 0 aliphatic heterocycles. The summed E-state index contributed by atoms with van der Waals surface area (Å²) in [6, 6.07) is 4.98. The summed E-state index contributed by atoms with van der Waals surface area (Å²) in [6.45, 7) is 6.11. The van der Waals surface area contributed by atoms with Crippen LogP contribution in [0.1, 0.15) is 36.7 Å². The third kappa shape index (κ3) is 2.29. The van der Waals surface area contributed by atoms with Crippen molar-refractivity contribution < 1.29 is 9.90 Å². The quantitative estimate of drug-likeness (QED) is 0.699. The molecule has 14 heavy (non-hydrogen) atoms. The van der Waals surface area contributed by atoms with E-state index in [4.69, 9.17) is 5.11 Å². The van der Waals surface area contributed by atoms with Crippen LogP contribution in [0.2, 0.25) is 0 Å². The number of rotatable bonds is 1. The molecule has 0 fully saturated rings. The Kier molecular flexibility index (Phi) is 2.90. The van der Waals surface area contributed by atoms with Crippen molar-refractivity contribution >= 4 is 18.6 Å². The fourth-order valence-electron chi connectivity index (χ4n) is 1.27. The van der Waals surface area contributed by atoms with Crippen molar-refractivity contribution in [2.75, 3.05) is 0 Å². The van der Waals surface area contributed by atoms with Gasteiger partial charge in [0.2, 0.25) is 0 Å². The average Bonchev–Trinajstić information content (AvgIpc) is 2.02.